The van der Waals surface area contributed by atoms with E-state index in [9.17, 15) is 4.57 Å². The van der Waals surface area contributed by atoms with E-state index in [4.69, 9.17) is 9.05 Å². The van der Waals surface area contributed by atoms with E-state index in [0.29, 0.717) is 19.4 Å². The first kappa shape index (κ1) is 20.1. The van der Waals surface area contributed by atoms with Crippen LogP contribution in [-0.2, 0) is 13.6 Å². The highest BCUT2D eigenvalue weighted by Gasteiger charge is 2.22. The predicted molar refractivity (Wildman–Crippen MR) is 86.6 cm³/mol. The SMILES string of the molecule is CCCCN(CCCC)CCCP(=O)(OCC)OCC. The minimum absolute atomic E-state index is 0.451. The molecule has 0 spiro atoms. The molecule has 0 N–H and O–H groups in total. The Balaban J connectivity index is 4.13. The van der Waals surface area contributed by atoms with Gasteiger partial charge in [0.05, 0.1) is 19.4 Å². The Labute approximate surface area is 125 Å². The van der Waals surface area contributed by atoms with Gasteiger partial charge in [0.15, 0.2) is 0 Å². The molecule has 0 atom stereocenters. The average molecular weight is 307 g/mol. The van der Waals surface area contributed by atoms with Crippen molar-refractivity contribution in [1.29, 1.82) is 0 Å². The van der Waals surface area contributed by atoms with Gasteiger partial charge in [-0.3, -0.25) is 4.57 Å². The molecule has 4 nitrogen and oxygen atoms in total. The molecule has 0 amide bonds. The van der Waals surface area contributed by atoms with Crippen LogP contribution in [-0.4, -0.2) is 43.9 Å². The fraction of sp³-hybridized carbons (Fsp3) is 1.00. The van der Waals surface area contributed by atoms with E-state index in [1.54, 1.807) is 0 Å². The van der Waals surface area contributed by atoms with Crippen LogP contribution in [0.3, 0.4) is 0 Å². The van der Waals surface area contributed by atoms with E-state index in [-0.39, 0.29) is 0 Å². The maximum atomic E-state index is 12.4. The first-order valence-electron chi connectivity index (χ1n) is 8.22. The molecule has 0 aliphatic carbocycles. The predicted octanol–water partition coefficient (Wildman–Crippen LogP) is 4.54. The molecule has 0 heterocycles. The molecule has 0 radical (unpaired) electrons. The molecule has 0 aromatic heterocycles. The molecule has 122 valence electrons. The number of hydrogen-bond acceptors (Lipinski definition) is 4. The second kappa shape index (κ2) is 12.8. The van der Waals surface area contributed by atoms with Crippen LogP contribution >= 0.6 is 7.60 Å². The Morgan fingerprint density at radius 1 is 0.800 bits per heavy atom. The Morgan fingerprint density at radius 3 is 1.65 bits per heavy atom. The highest BCUT2D eigenvalue weighted by atomic mass is 31.2. The summed E-state index contributed by atoms with van der Waals surface area (Å²) in [5.74, 6) is 0. The van der Waals surface area contributed by atoms with Crippen LogP contribution in [0.4, 0.5) is 0 Å². The Morgan fingerprint density at radius 2 is 1.25 bits per heavy atom. The van der Waals surface area contributed by atoms with Crippen molar-refractivity contribution in [3.63, 3.8) is 0 Å². The van der Waals surface area contributed by atoms with Crippen molar-refractivity contribution in [3.8, 4) is 0 Å². The summed E-state index contributed by atoms with van der Waals surface area (Å²) < 4.78 is 23.0. The van der Waals surface area contributed by atoms with E-state index in [1.165, 1.54) is 25.7 Å². The van der Waals surface area contributed by atoms with Gasteiger partial charge in [-0.05, 0) is 52.7 Å². The summed E-state index contributed by atoms with van der Waals surface area (Å²) in [6, 6.07) is 0. The summed E-state index contributed by atoms with van der Waals surface area (Å²) >= 11 is 0. The van der Waals surface area contributed by atoms with Gasteiger partial charge in [0.1, 0.15) is 0 Å². The van der Waals surface area contributed by atoms with Crippen LogP contribution in [0.1, 0.15) is 59.8 Å². The number of unbranched alkanes of at least 4 members (excludes halogenated alkanes) is 2. The Kier molecular flexibility index (Phi) is 12.9. The number of nitrogens with zero attached hydrogens (tertiary/aromatic N) is 1. The lowest BCUT2D eigenvalue weighted by atomic mass is 10.2. The second-order valence-corrected chi connectivity index (χ2v) is 7.26. The molecule has 0 saturated heterocycles. The van der Waals surface area contributed by atoms with E-state index >= 15 is 0 Å². The van der Waals surface area contributed by atoms with Gasteiger partial charge in [-0.25, -0.2) is 0 Å². The van der Waals surface area contributed by atoms with Gasteiger partial charge in [-0.2, -0.15) is 0 Å². The van der Waals surface area contributed by atoms with Gasteiger partial charge in [0, 0.05) is 0 Å². The minimum Gasteiger partial charge on any atom is -0.309 e. The van der Waals surface area contributed by atoms with Crippen LogP contribution in [0.25, 0.3) is 0 Å². The zero-order valence-electron chi connectivity index (χ0n) is 13.9. The lowest BCUT2D eigenvalue weighted by Crippen LogP contribution is -2.27. The summed E-state index contributed by atoms with van der Waals surface area (Å²) in [4.78, 5) is 2.48. The standard InChI is InChI=1S/C15H34NO3P/c1-5-9-12-16(13-10-6-2)14-11-15-20(17,18-7-3)19-8-4/h5-15H2,1-4H3. The van der Waals surface area contributed by atoms with Crippen molar-refractivity contribution in [2.75, 3.05) is 39.0 Å². The third-order valence-electron chi connectivity index (χ3n) is 3.21. The van der Waals surface area contributed by atoms with Gasteiger partial charge in [-0.15, -0.1) is 0 Å². The molecule has 0 aromatic rings. The van der Waals surface area contributed by atoms with E-state index in [1.807, 2.05) is 13.8 Å². The lowest BCUT2D eigenvalue weighted by molar-refractivity contribution is 0.215. The van der Waals surface area contributed by atoms with Crippen LogP contribution in [0.5, 0.6) is 0 Å². The molecular formula is C15H34NO3P. The van der Waals surface area contributed by atoms with E-state index in [2.05, 4.69) is 18.7 Å². The molecule has 0 aromatic carbocycles. The van der Waals surface area contributed by atoms with Crippen LogP contribution < -0.4 is 0 Å². The van der Waals surface area contributed by atoms with E-state index in [0.717, 1.165) is 26.1 Å². The molecule has 0 saturated carbocycles. The number of rotatable bonds is 14. The summed E-state index contributed by atoms with van der Waals surface area (Å²) in [6.45, 7) is 12.3. The molecule has 0 rings (SSSR count). The van der Waals surface area contributed by atoms with Crippen molar-refractivity contribution in [2.45, 2.75) is 59.8 Å². The molecule has 0 fully saturated rings. The van der Waals surface area contributed by atoms with Gasteiger partial charge >= 0.3 is 7.60 Å². The third kappa shape index (κ3) is 9.93. The van der Waals surface area contributed by atoms with Crippen molar-refractivity contribution in [3.05, 3.63) is 0 Å². The molecule has 0 unspecified atom stereocenters. The first-order chi connectivity index (χ1) is 9.61. The van der Waals surface area contributed by atoms with Crippen LogP contribution in [0.2, 0.25) is 0 Å². The molecule has 20 heavy (non-hydrogen) atoms. The summed E-state index contributed by atoms with van der Waals surface area (Å²) in [5.41, 5.74) is 0. The molecular weight excluding hydrogens is 273 g/mol. The molecule has 5 heteroatoms. The largest absolute Gasteiger partial charge is 0.330 e. The zero-order valence-corrected chi connectivity index (χ0v) is 14.8. The highest BCUT2D eigenvalue weighted by Crippen LogP contribution is 2.48. The second-order valence-electron chi connectivity index (χ2n) is 5.07. The normalized spacial score (nSPS) is 12.2. The van der Waals surface area contributed by atoms with Crippen LogP contribution in [0.15, 0.2) is 0 Å². The van der Waals surface area contributed by atoms with Crippen molar-refractivity contribution >= 4 is 7.60 Å². The highest BCUT2D eigenvalue weighted by molar-refractivity contribution is 7.53. The molecule has 0 bridgehead atoms. The third-order valence-corrected chi connectivity index (χ3v) is 5.38. The Bertz CT molecular complexity index is 244. The summed E-state index contributed by atoms with van der Waals surface area (Å²) in [5, 5.41) is 0. The first-order valence-corrected chi connectivity index (χ1v) is 9.95. The van der Waals surface area contributed by atoms with Gasteiger partial charge in [0.2, 0.25) is 0 Å². The number of hydrogen-bond donors (Lipinski definition) is 0. The fourth-order valence-corrected chi connectivity index (χ4v) is 3.79. The zero-order chi connectivity index (χ0) is 15.3. The van der Waals surface area contributed by atoms with Gasteiger partial charge < -0.3 is 13.9 Å². The molecule has 0 aliphatic rings. The van der Waals surface area contributed by atoms with Crippen molar-refractivity contribution < 1.29 is 13.6 Å². The van der Waals surface area contributed by atoms with Crippen LogP contribution in [0, 0.1) is 0 Å². The van der Waals surface area contributed by atoms with Crippen molar-refractivity contribution in [2.24, 2.45) is 0 Å². The smallest absolute Gasteiger partial charge is 0.309 e. The Hall–Kier alpha value is 0.110. The molecule has 0 aliphatic heterocycles. The average Bonchev–Trinajstić information content (AvgIpc) is 2.41. The summed E-state index contributed by atoms with van der Waals surface area (Å²) in [6.07, 6.45) is 6.32. The maximum Gasteiger partial charge on any atom is 0.330 e. The van der Waals surface area contributed by atoms with E-state index < -0.39 is 7.60 Å². The topological polar surface area (TPSA) is 38.8 Å². The van der Waals surface area contributed by atoms with Gasteiger partial charge in [0.25, 0.3) is 0 Å². The van der Waals surface area contributed by atoms with Gasteiger partial charge in [-0.1, -0.05) is 26.7 Å². The maximum absolute atomic E-state index is 12.4. The minimum atomic E-state index is -2.85. The fourth-order valence-electron chi connectivity index (χ4n) is 2.15. The van der Waals surface area contributed by atoms with Crippen molar-refractivity contribution in [1.82, 2.24) is 4.90 Å². The summed E-state index contributed by atoms with van der Waals surface area (Å²) in [7, 11) is -2.85. The monoisotopic (exact) mass is 307 g/mol. The lowest BCUT2D eigenvalue weighted by Gasteiger charge is -2.23. The quantitative estimate of drug-likeness (QED) is 0.441.